The number of carbonyl (C=O) groups excluding carboxylic acids is 1. The molecule has 1 amide bonds. The van der Waals surface area contributed by atoms with E-state index in [1.807, 2.05) is 30.3 Å². The smallest absolute Gasteiger partial charge is 0.257 e. The Morgan fingerprint density at radius 3 is 2.62 bits per heavy atom. The molecule has 1 saturated heterocycles. The number of benzene rings is 1. The molecule has 0 radical (unpaired) electrons. The number of carbonyl (C=O) groups is 1. The van der Waals surface area contributed by atoms with Crippen molar-refractivity contribution in [1.29, 1.82) is 0 Å². The van der Waals surface area contributed by atoms with Crippen molar-refractivity contribution < 1.29 is 9.53 Å². The van der Waals surface area contributed by atoms with Gasteiger partial charge >= 0.3 is 0 Å². The number of likely N-dealkylation sites (N-methyl/N-ethyl adjacent to an activating group) is 1. The second-order valence-corrected chi connectivity index (χ2v) is 5.45. The molecule has 5 nitrogen and oxygen atoms in total. The predicted octanol–water partition coefficient (Wildman–Crippen LogP) is 0.819. The van der Waals surface area contributed by atoms with Crippen LogP contribution in [0.1, 0.15) is 6.42 Å². The highest BCUT2D eigenvalue weighted by atomic mass is 16.5. The largest absolute Gasteiger partial charge is 0.484 e. The van der Waals surface area contributed by atoms with Crippen molar-refractivity contribution in [2.45, 2.75) is 6.42 Å². The van der Waals surface area contributed by atoms with E-state index in [0.717, 1.165) is 44.9 Å². The predicted molar refractivity (Wildman–Crippen MR) is 83.5 cm³/mol. The van der Waals surface area contributed by atoms with Gasteiger partial charge < -0.3 is 19.9 Å². The zero-order chi connectivity index (χ0) is 14.9. The molecule has 1 N–H and O–H groups in total. The molecular weight excluding hydrogens is 266 g/mol. The zero-order valence-corrected chi connectivity index (χ0v) is 12.8. The second-order valence-electron chi connectivity index (χ2n) is 5.45. The Morgan fingerprint density at radius 1 is 1.19 bits per heavy atom. The molecule has 116 valence electrons. The van der Waals surface area contributed by atoms with Gasteiger partial charge in [-0.2, -0.15) is 0 Å². The van der Waals surface area contributed by atoms with Gasteiger partial charge in [-0.1, -0.05) is 18.2 Å². The average molecular weight is 291 g/mol. The van der Waals surface area contributed by atoms with Crippen LogP contribution in [0.4, 0.5) is 0 Å². The Kier molecular flexibility index (Phi) is 6.50. The molecule has 1 aliphatic rings. The summed E-state index contributed by atoms with van der Waals surface area (Å²) in [4.78, 5) is 16.5. The number of nitrogens with zero attached hydrogens (tertiary/aromatic N) is 2. The van der Waals surface area contributed by atoms with Crippen molar-refractivity contribution in [2.24, 2.45) is 0 Å². The summed E-state index contributed by atoms with van der Waals surface area (Å²) in [6.45, 7) is 6.37. The third kappa shape index (κ3) is 6.14. The molecule has 0 aliphatic carbocycles. The Bertz CT molecular complexity index is 417. The maximum atomic E-state index is 11.7. The minimum Gasteiger partial charge on any atom is -0.484 e. The van der Waals surface area contributed by atoms with Gasteiger partial charge in [-0.25, -0.2) is 0 Å². The number of nitrogens with one attached hydrogen (secondary N) is 1. The number of hydrogen-bond acceptors (Lipinski definition) is 4. The molecule has 0 saturated carbocycles. The van der Waals surface area contributed by atoms with Crippen LogP contribution in [0.2, 0.25) is 0 Å². The average Bonchev–Trinajstić information content (AvgIpc) is 2.52. The van der Waals surface area contributed by atoms with Crippen LogP contribution < -0.4 is 10.1 Å². The Hall–Kier alpha value is -1.59. The number of amides is 1. The Balaban J connectivity index is 1.51. The molecule has 0 spiro atoms. The van der Waals surface area contributed by atoms with Gasteiger partial charge in [-0.3, -0.25) is 4.79 Å². The summed E-state index contributed by atoms with van der Waals surface area (Å²) in [5.41, 5.74) is 0. The van der Waals surface area contributed by atoms with Crippen LogP contribution in [0.15, 0.2) is 30.3 Å². The van der Waals surface area contributed by atoms with Gasteiger partial charge in [0.15, 0.2) is 6.61 Å². The highest BCUT2D eigenvalue weighted by molar-refractivity contribution is 5.77. The molecule has 1 fully saturated rings. The first-order valence-corrected chi connectivity index (χ1v) is 7.59. The van der Waals surface area contributed by atoms with E-state index in [1.54, 1.807) is 0 Å². The minimum atomic E-state index is -0.0581. The van der Waals surface area contributed by atoms with Crippen LogP contribution in [0.5, 0.6) is 5.75 Å². The van der Waals surface area contributed by atoms with Crippen LogP contribution in [0.3, 0.4) is 0 Å². The van der Waals surface area contributed by atoms with Crippen LogP contribution in [-0.2, 0) is 4.79 Å². The number of para-hydroxylation sites is 1. The summed E-state index contributed by atoms with van der Waals surface area (Å²) in [5.74, 6) is 0.669. The van der Waals surface area contributed by atoms with Gasteiger partial charge in [0.05, 0.1) is 0 Å². The van der Waals surface area contributed by atoms with Crippen molar-refractivity contribution in [3.05, 3.63) is 30.3 Å². The molecular formula is C16H25N3O2. The highest BCUT2D eigenvalue weighted by Gasteiger charge is 2.12. The van der Waals surface area contributed by atoms with Gasteiger partial charge in [0.1, 0.15) is 5.75 Å². The standard InChI is InChI=1S/C16H25N3O2/c1-18-10-12-19(13-11-18)9-5-8-17-16(20)14-21-15-6-3-2-4-7-15/h2-4,6-7H,5,8-14H2,1H3,(H,17,20). The van der Waals surface area contributed by atoms with E-state index in [4.69, 9.17) is 4.74 Å². The first kappa shape index (κ1) is 15.8. The van der Waals surface area contributed by atoms with E-state index in [-0.39, 0.29) is 12.5 Å². The molecule has 0 bridgehead atoms. The van der Waals surface area contributed by atoms with Crippen LogP contribution in [-0.4, -0.2) is 68.6 Å². The molecule has 5 heteroatoms. The first-order chi connectivity index (χ1) is 10.2. The number of ether oxygens (including phenoxy) is 1. The van der Waals surface area contributed by atoms with Crippen molar-refractivity contribution >= 4 is 5.91 Å². The fraction of sp³-hybridized carbons (Fsp3) is 0.562. The third-order valence-corrected chi connectivity index (χ3v) is 3.68. The lowest BCUT2D eigenvalue weighted by atomic mass is 10.3. The normalized spacial score (nSPS) is 16.6. The van der Waals surface area contributed by atoms with Gasteiger partial charge in [-0.15, -0.1) is 0 Å². The highest BCUT2D eigenvalue weighted by Crippen LogP contribution is 2.07. The van der Waals surface area contributed by atoms with Gasteiger partial charge in [-0.05, 0) is 32.1 Å². The van der Waals surface area contributed by atoms with Crippen molar-refractivity contribution in [1.82, 2.24) is 15.1 Å². The molecule has 0 unspecified atom stereocenters. The van der Waals surface area contributed by atoms with E-state index in [1.165, 1.54) is 0 Å². The third-order valence-electron chi connectivity index (χ3n) is 3.68. The van der Waals surface area contributed by atoms with E-state index in [2.05, 4.69) is 22.2 Å². The fourth-order valence-corrected chi connectivity index (χ4v) is 2.32. The summed E-state index contributed by atoms with van der Waals surface area (Å²) in [7, 11) is 2.16. The summed E-state index contributed by atoms with van der Waals surface area (Å²) in [5, 5.41) is 2.90. The molecule has 1 heterocycles. The molecule has 1 aromatic rings. The van der Waals surface area contributed by atoms with E-state index >= 15 is 0 Å². The Labute approximate surface area is 126 Å². The second kappa shape index (κ2) is 8.64. The molecule has 1 aromatic carbocycles. The summed E-state index contributed by atoms with van der Waals surface area (Å²) in [6.07, 6.45) is 0.987. The van der Waals surface area contributed by atoms with Crippen LogP contribution in [0, 0.1) is 0 Å². The maximum Gasteiger partial charge on any atom is 0.257 e. The molecule has 2 rings (SSSR count). The quantitative estimate of drug-likeness (QED) is 0.756. The monoisotopic (exact) mass is 291 g/mol. The minimum absolute atomic E-state index is 0.0581. The number of piperazine rings is 1. The Morgan fingerprint density at radius 2 is 1.90 bits per heavy atom. The fourth-order valence-electron chi connectivity index (χ4n) is 2.32. The van der Waals surface area contributed by atoms with Crippen LogP contribution >= 0.6 is 0 Å². The summed E-state index contributed by atoms with van der Waals surface area (Å²) < 4.78 is 5.40. The van der Waals surface area contributed by atoms with E-state index in [9.17, 15) is 4.79 Å². The SMILES string of the molecule is CN1CCN(CCCNC(=O)COc2ccccc2)CC1. The van der Waals surface area contributed by atoms with E-state index < -0.39 is 0 Å². The number of hydrogen-bond donors (Lipinski definition) is 1. The lowest BCUT2D eigenvalue weighted by molar-refractivity contribution is -0.123. The zero-order valence-electron chi connectivity index (χ0n) is 12.8. The van der Waals surface area contributed by atoms with Crippen molar-refractivity contribution in [3.63, 3.8) is 0 Å². The molecule has 0 aromatic heterocycles. The molecule has 0 atom stereocenters. The van der Waals surface area contributed by atoms with Crippen LogP contribution in [0.25, 0.3) is 0 Å². The molecule has 21 heavy (non-hydrogen) atoms. The first-order valence-electron chi connectivity index (χ1n) is 7.59. The lowest BCUT2D eigenvalue weighted by Gasteiger charge is -2.32. The maximum absolute atomic E-state index is 11.7. The lowest BCUT2D eigenvalue weighted by Crippen LogP contribution is -2.45. The van der Waals surface area contributed by atoms with Gasteiger partial charge in [0.25, 0.3) is 5.91 Å². The number of rotatable bonds is 7. The van der Waals surface area contributed by atoms with Crippen molar-refractivity contribution in [2.75, 3.05) is 52.9 Å². The molecule has 1 aliphatic heterocycles. The van der Waals surface area contributed by atoms with Gasteiger partial charge in [0.2, 0.25) is 0 Å². The van der Waals surface area contributed by atoms with E-state index in [0.29, 0.717) is 6.54 Å². The van der Waals surface area contributed by atoms with Gasteiger partial charge in [0, 0.05) is 32.7 Å². The summed E-state index contributed by atoms with van der Waals surface area (Å²) in [6, 6.07) is 9.40. The van der Waals surface area contributed by atoms with Crippen molar-refractivity contribution in [3.8, 4) is 5.75 Å². The topological polar surface area (TPSA) is 44.8 Å². The summed E-state index contributed by atoms with van der Waals surface area (Å²) >= 11 is 0.